The number of ether oxygens (including phenoxy) is 1. The van der Waals surface area contributed by atoms with Crippen LogP contribution < -0.4 is 26.6 Å². The number of fused-ring (bicyclic) bond motifs is 1. The number of anilines is 1. The van der Waals surface area contributed by atoms with Gasteiger partial charge in [-0.05, 0) is 67.1 Å². The lowest BCUT2D eigenvalue weighted by atomic mass is 9.95. The number of amides is 4. The predicted molar refractivity (Wildman–Crippen MR) is 196 cm³/mol. The molecule has 0 spiro atoms. The van der Waals surface area contributed by atoms with Gasteiger partial charge in [0.25, 0.3) is 0 Å². The molecule has 11 nitrogen and oxygen atoms in total. The van der Waals surface area contributed by atoms with Gasteiger partial charge in [-0.3, -0.25) is 10.1 Å². The normalized spacial score (nSPS) is 17.0. The maximum absolute atomic E-state index is 14.1. The van der Waals surface area contributed by atoms with Crippen molar-refractivity contribution in [3.05, 3.63) is 137 Å². The first-order chi connectivity index (χ1) is 24.4. The van der Waals surface area contributed by atoms with Gasteiger partial charge in [-0.1, -0.05) is 97.1 Å². The summed E-state index contributed by atoms with van der Waals surface area (Å²) in [6.45, 7) is 5.75. The number of aliphatic hydroxyl groups excluding tert-OH is 2. The van der Waals surface area contributed by atoms with E-state index in [1.54, 1.807) is 32.9 Å². The van der Waals surface area contributed by atoms with Gasteiger partial charge in [0.1, 0.15) is 11.6 Å². The summed E-state index contributed by atoms with van der Waals surface area (Å²) in [5, 5.41) is 37.4. The Morgan fingerprint density at radius 2 is 1.41 bits per heavy atom. The van der Waals surface area contributed by atoms with Crippen LogP contribution in [0.3, 0.4) is 0 Å². The number of carbonyl (C=O) groups excluding carboxylic acids is 3. The summed E-state index contributed by atoms with van der Waals surface area (Å²) in [7, 11) is 0. The van der Waals surface area contributed by atoms with Gasteiger partial charge < -0.3 is 36.2 Å². The van der Waals surface area contributed by atoms with Crippen LogP contribution in [0.1, 0.15) is 54.6 Å². The maximum atomic E-state index is 14.1. The Hall–Kier alpha value is -5.23. The molecule has 5 atom stereocenters. The van der Waals surface area contributed by atoms with Crippen LogP contribution in [0.15, 0.2) is 109 Å². The Labute approximate surface area is 298 Å². The first kappa shape index (κ1) is 37.0. The standard InChI is InChI=1S/C40H47N5O6/c1-40(2,3)51-39(50)44-32(22-26-12-6-4-7-13-26)36(47)35(37(48)45-34-31-17-11-10-14-29(31)23-33(34)46)41-24-27-18-20-28(21-19-27)25-42-38(49)43-30-15-8-5-9-16-30/h4-21,32-36,41,46-47H,22-25H2,1-3H3,(H,44,50)(H,45,48)(H2,42,43,49)/t32-,33?,34-,35+,36+/m0/s1. The van der Waals surface area contributed by atoms with Gasteiger partial charge in [-0.2, -0.15) is 0 Å². The summed E-state index contributed by atoms with van der Waals surface area (Å²) >= 11 is 0. The minimum absolute atomic E-state index is 0.200. The van der Waals surface area contributed by atoms with Gasteiger partial charge in [-0.15, -0.1) is 0 Å². The van der Waals surface area contributed by atoms with E-state index in [1.165, 1.54) is 0 Å². The van der Waals surface area contributed by atoms with Crippen LogP contribution >= 0.6 is 0 Å². The van der Waals surface area contributed by atoms with Gasteiger partial charge in [-0.25, -0.2) is 9.59 Å². The summed E-state index contributed by atoms with van der Waals surface area (Å²) < 4.78 is 5.52. The highest BCUT2D eigenvalue weighted by Crippen LogP contribution is 2.31. The van der Waals surface area contributed by atoms with Crippen LogP contribution in [0.2, 0.25) is 0 Å². The first-order valence-electron chi connectivity index (χ1n) is 17.1. The van der Waals surface area contributed by atoms with Crippen molar-refractivity contribution in [2.75, 3.05) is 5.32 Å². The fourth-order valence-electron chi connectivity index (χ4n) is 6.06. The second-order valence-electron chi connectivity index (χ2n) is 13.7. The molecule has 1 unspecified atom stereocenters. The Morgan fingerprint density at radius 3 is 2.08 bits per heavy atom. The minimum Gasteiger partial charge on any atom is -0.444 e. The molecule has 0 aliphatic heterocycles. The molecule has 1 aliphatic carbocycles. The Bertz CT molecular complexity index is 1750. The zero-order valence-electron chi connectivity index (χ0n) is 29.1. The Kier molecular flexibility index (Phi) is 12.4. The second kappa shape index (κ2) is 17.1. The quantitative estimate of drug-likeness (QED) is 0.107. The fraction of sp³-hybridized carbons (Fsp3) is 0.325. The van der Waals surface area contributed by atoms with Crippen LogP contribution in [0, 0.1) is 0 Å². The van der Waals surface area contributed by atoms with Crippen molar-refractivity contribution in [3.8, 4) is 0 Å². The monoisotopic (exact) mass is 693 g/mol. The topological polar surface area (TPSA) is 161 Å². The third-order valence-electron chi connectivity index (χ3n) is 8.57. The molecule has 268 valence electrons. The van der Waals surface area contributed by atoms with Crippen molar-refractivity contribution in [1.29, 1.82) is 0 Å². The van der Waals surface area contributed by atoms with E-state index in [0.717, 1.165) is 27.8 Å². The molecule has 0 saturated carbocycles. The lowest BCUT2D eigenvalue weighted by molar-refractivity contribution is -0.128. The number of para-hydroxylation sites is 1. The molecule has 1 aliphatic rings. The highest BCUT2D eigenvalue weighted by atomic mass is 16.6. The third kappa shape index (κ3) is 10.9. The van der Waals surface area contributed by atoms with E-state index in [9.17, 15) is 24.6 Å². The van der Waals surface area contributed by atoms with Crippen molar-refractivity contribution in [2.24, 2.45) is 0 Å². The van der Waals surface area contributed by atoms with Gasteiger partial charge in [0.05, 0.1) is 24.3 Å². The number of alkyl carbamates (subject to hydrolysis) is 1. The van der Waals surface area contributed by atoms with E-state index in [-0.39, 0.29) is 19.0 Å². The summed E-state index contributed by atoms with van der Waals surface area (Å²) in [5.41, 5.74) is 4.22. The number of hydrogen-bond donors (Lipinski definition) is 7. The first-order valence-corrected chi connectivity index (χ1v) is 17.1. The van der Waals surface area contributed by atoms with Crippen molar-refractivity contribution in [1.82, 2.24) is 21.3 Å². The Morgan fingerprint density at radius 1 is 0.804 bits per heavy atom. The molecular weight excluding hydrogens is 646 g/mol. The zero-order valence-corrected chi connectivity index (χ0v) is 29.1. The van der Waals surface area contributed by atoms with E-state index in [1.807, 2.05) is 97.1 Å². The number of aliphatic hydroxyl groups is 2. The number of carbonyl (C=O) groups is 3. The van der Waals surface area contributed by atoms with Crippen LogP contribution in [-0.4, -0.2) is 58.1 Å². The van der Waals surface area contributed by atoms with Crippen LogP contribution in [0.5, 0.6) is 0 Å². The number of benzene rings is 4. The summed E-state index contributed by atoms with van der Waals surface area (Å²) in [6.07, 6.45) is -2.34. The minimum atomic E-state index is -1.40. The van der Waals surface area contributed by atoms with Crippen molar-refractivity contribution in [2.45, 2.75) is 82.6 Å². The average Bonchev–Trinajstić information content (AvgIpc) is 3.41. The SMILES string of the molecule is CC(C)(C)OC(=O)N[C@@H](Cc1ccccc1)[C@@H](O)[C@@H](NCc1ccc(CNC(=O)Nc2ccccc2)cc1)C(=O)N[C@H]1c2ccccc2CC1O. The molecule has 51 heavy (non-hydrogen) atoms. The molecule has 7 N–H and O–H groups in total. The van der Waals surface area contributed by atoms with Crippen molar-refractivity contribution >= 4 is 23.7 Å². The average molecular weight is 694 g/mol. The highest BCUT2D eigenvalue weighted by Gasteiger charge is 2.38. The van der Waals surface area contributed by atoms with E-state index in [4.69, 9.17) is 4.74 Å². The predicted octanol–water partition coefficient (Wildman–Crippen LogP) is 4.74. The van der Waals surface area contributed by atoms with Crippen molar-refractivity contribution in [3.63, 3.8) is 0 Å². The number of hydrogen-bond acceptors (Lipinski definition) is 7. The molecule has 0 radical (unpaired) electrons. The lowest BCUT2D eigenvalue weighted by Gasteiger charge is -2.32. The molecular formula is C40H47N5O6. The van der Waals surface area contributed by atoms with Gasteiger partial charge >= 0.3 is 12.1 Å². The molecule has 4 aromatic rings. The van der Waals surface area contributed by atoms with Crippen molar-refractivity contribution < 1.29 is 29.3 Å². The van der Waals surface area contributed by atoms with Crippen LogP contribution in [-0.2, 0) is 35.5 Å². The number of rotatable bonds is 13. The molecule has 5 rings (SSSR count). The summed E-state index contributed by atoms with van der Waals surface area (Å²) in [4.78, 5) is 39.4. The summed E-state index contributed by atoms with van der Waals surface area (Å²) in [5.74, 6) is -0.530. The van der Waals surface area contributed by atoms with Gasteiger partial charge in [0.15, 0.2) is 0 Å². The number of urea groups is 1. The smallest absolute Gasteiger partial charge is 0.407 e. The highest BCUT2D eigenvalue weighted by molar-refractivity contribution is 5.89. The van der Waals surface area contributed by atoms with E-state index in [0.29, 0.717) is 18.7 Å². The lowest BCUT2D eigenvalue weighted by Crippen LogP contribution is -2.60. The molecule has 0 heterocycles. The molecule has 0 bridgehead atoms. The second-order valence-corrected chi connectivity index (χ2v) is 13.7. The molecule has 4 aromatic carbocycles. The molecule has 11 heteroatoms. The van der Waals surface area contributed by atoms with Gasteiger partial charge in [0, 0.05) is 25.2 Å². The zero-order chi connectivity index (χ0) is 36.4. The largest absolute Gasteiger partial charge is 0.444 e. The maximum Gasteiger partial charge on any atom is 0.407 e. The van der Waals surface area contributed by atoms with E-state index in [2.05, 4.69) is 26.6 Å². The number of nitrogens with one attached hydrogen (secondary N) is 5. The molecule has 4 amide bonds. The van der Waals surface area contributed by atoms with E-state index >= 15 is 0 Å². The molecule has 0 saturated heterocycles. The Balaban J connectivity index is 1.31. The summed E-state index contributed by atoms with van der Waals surface area (Å²) in [6, 6.07) is 30.5. The third-order valence-corrected chi connectivity index (χ3v) is 8.57. The van der Waals surface area contributed by atoms with Gasteiger partial charge in [0.2, 0.25) is 5.91 Å². The van der Waals surface area contributed by atoms with Crippen LogP contribution in [0.25, 0.3) is 0 Å². The fourth-order valence-corrected chi connectivity index (χ4v) is 6.06. The van der Waals surface area contributed by atoms with E-state index < -0.39 is 47.9 Å². The molecule has 0 fully saturated rings. The van der Waals surface area contributed by atoms with Crippen LogP contribution in [0.4, 0.5) is 15.3 Å². The molecule has 0 aromatic heterocycles.